The molecule has 0 spiro atoms. The van der Waals surface area contributed by atoms with E-state index >= 15 is 0 Å². The smallest absolute Gasteiger partial charge is 0.150 e. The van der Waals surface area contributed by atoms with E-state index in [1.165, 1.54) is 0 Å². The number of anilines is 2. The quantitative estimate of drug-likeness (QED) is 0.771. The van der Waals surface area contributed by atoms with Crippen molar-refractivity contribution in [3.05, 3.63) is 5.69 Å². The molecule has 2 heterocycles. The number of hydrogen-bond donors (Lipinski definition) is 1. The maximum absolute atomic E-state index is 6.06. The molecule has 1 aromatic heterocycles. The fraction of sp³-hybridized carbons (Fsp3) is 0.727. The largest absolute Gasteiger partial charge is 0.394 e. The predicted octanol–water partition coefficient (Wildman–Crippen LogP) is 0.926. The van der Waals surface area contributed by atoms with Crippen LogP contribution in [-0.4, -0.2) is 35.6 Å². The maximum atomic E-state index is 6.06. The molecule has 90 valence electrons. The Morgan fingerprint density at radius 1 is 1.50 bits per heavy atom. The Labute approximate surface area is 96.2 Å². The molecule has 1 aliphatic heterocycles. The molecule has 0 aromatic carbocycles. The molecule has 1 aliphatic rings. The summed E-state index contributed by atoms with van der Waals surface area (Å²) in [5.74, 6) is 1.02. The number of hydrogen-bond acceptors (Lipinski definition) is 4. The van der Waals surface area contributed by atoms with E-state index in [1.807, 2.05) is 18.7 Å². The second kappa shape index (κ2) is 4.33. The van der Waals surface area contributed by atoms with Crippen LogP contribution in [-0.2, 0) is 11.8 Å². The van der Waals surface area contributed by atoms with E-state index in [0.717, 1.165) is 43.3 Å². The molecule has 5 heteroatoms. The van der Waals surface area contributed by atoms with Gasteiger partial charge in [0, 0.05) is 26.7 Å². The summed E-state index contributed by atoms with van der Waals surface area (Å²) in [6.45, 7) is 6.72. The van der Waals surface area contributed by atoms with Crippen LogP contribution in [0, 0.1) is 6.92 Å². The SMILES string of the molecule is Cc1nn(C)c(N2CCCOC(C)C2)c1N. The topological polar surface area (TPSA) is 56.3 Å². The Morgan fingerprint density at radius 2 is 2.25 bits per heavy atom. The highest BCUT2D eigenvalue weighted by atomic mass is 16.5. The third kappa shape index (κ3) is 2.00. The molecular weight excluding hydrogens is 204 g/mol. The van der Waals surface area contributed by atoms with E-state index in [0.29, 0.717) is 0 Å². The number of nitrogen functional groups attached to an aromatic ring is 1. The van der Waals surface area contributed by atoms with Crippen molar-refractivity contribution in [2.75, 3.05) is 30.3 Å². The van der Waals surface area contributed by atoms with Gasteiger partial charge in [0.2, 0.25) is 0 Å². The van der Waals surface area contributed by atoms with E-state index in [9.17, 15) is 0 Å². The van der Waals surface area contributed by atoms with E-state index in [1.54, 1.807) is 0 Å². The van der Waals surface area contributed by atoms with Gasteiger partial charge in [-0.25, -0.2) is 0 Å². The molecule has 2 N–H and O–H groups in total. The Morgan fingerprint density at radius 3 is 2.88 bits per heavy atom. The number of aryl methyl sites for hydroxylation is 2. The van der Waals surface area contributed by atoms with E-state index in [2.05, 4.69) is 16.9 Å². The van der Waals surface area contributed by atoms with E-state index in [4.69, 9.17) is 10.5 Å². The minimum Gasteiger partial charge on any atom is -0.394 e. The lowest BCUT2D eigenvalue weighted by molar-refractivity contribution is 0.0820. The molecule has 2 rings (SSSR count). The summed E-state index contributed by atoms with van der Waals surface area (Å²) >= 11 is 0. The summed E-state index contributed by atoms with van der Waals surface area (Å²) in [7, 11) is 1.94. The van der Waals surface area contributed by atoms with Crippen LogP contribution in [0.4, 0.5) is 11.5 Å². The number of nitrogens with zero attached hydrogens (tertiary/aromatic N) is 3. The van der Waals surface area contributed by atoms with Crippen molar-refractivity contribution in [2.45, 2.75) is 26.4 Å². The first-order chi connectivity index (χ1) is 7.59. The van der Waals surface area contributed by atoms with Crippen molar-refractivity contribution < 1.29 is 4.74 Å². The van der Waals surface area contributed by atoms with Crippen molar-refractivity contribution >= 4 is 11.5 Å². The fourth-order valence-electron chi connectivity index (χ4n) is 2.22. The second-order valence-electron chi connectivity index (χ2n) is 4.43. The lowest BCUT2D eigenvalue weighted by Gasteiger charge is -2.24. The summed E-state index contributed by atoms with van der Waals surface area (Å²) in [5, 5.41) is 4.35. The zero-order valence-corrected chi connectivity index (χ0v) is 10.2. The van der Waals surface area contributed by atoms with Gasteiger partial charge in [-0.2, -0.15) is 5.10 Å². The summed E-state index contributed by atoms with van der Waals surface area (Å²) < 4.78 is 7.49. The van der Waals surface area contributed by atoms with Gasteiger partial charge in [-0.15, -0.1) is 0 Å². The lowest BCUT2D eigenvalue weighted by Crippen LogP contribution is -2.32. The van der Waals surface area contributed by atoms with Gasteiger partial charge in [0.15, 0.2) is 0 Å². The Bertz CT molecular complexity index is 374. The number of ether oxygens (including phenoxy) is 1. The summed E-state index contributed by atoms with van der Waals surface area (Å²) in [6.07, 6.45) is 1.28. The molecule has 1 unspecified atom stereocenters. The van der Waals surface area contributed by atoms with E-state index < -0.39 is 0 Å². The molecule has 5 nitrogen and oxygen atoms in total. The molecule has 1 saturated heterocycles. The van der Waals surface area contributed by atoms with Crippen LogP contribution >= 0.6 is 0 Å². The first-order valence-corrected chi connectivity index (χ1v) is 5.75. The van der Waals surface area contributed by atoms with Gasteiger partial charge in [0.05, 0.1) is 17.5 Å². The Kier molecular flexibility index (Phi) is 3.05. The maximum Gasteiger partial charge on any atom is 0.150 e. The molecule has 0 saturated carbocycles. The van der Waals surface area contributed by atoms with Crippen molar-refractivity contribution in [1.29, 1.82) is 0 Å². The summed E-state index contributed by atoms with van der Waals surface area (Å²) in [4.78, 5) is 2.27. The molecule has 0 aliphatic carbocycles. The van der Waals surface area contributed by atoms with Gasteiger partial charge in [-0.05, 0) is 20.3 Å². The zero-order chi connectivity index (χ0) is 11.7. The van der Waals surface area contributed by atoms with Gasteiger partial charge in [-0.3, -0.25) is 4.68 Å². The fourth-order valence-corrected chi connectivity index (χ4v) is 2.22. The Hall–Kier alpha value is -1.23. The monoisotopic (exact) mass is 224 g/mol. The Balaban J connectivity index is 2.27. The minimum absolute atomic E-state index is 0.247. The normalized spacial score (nSPS) is 22.2. The zero-order valence-electron chi connectivity index (χ0n) is 10.2. The van der Waals surface area contributed by atoms with Crippen LogP contribution in [0.2, 0.25) is 0 Å². The summed E-state index contributed by atoms with van der Waals surface area (Å²) in [5.41, 5.74) is 7.75. The molecule has 0 radical (unpaired) electrons. The predicted molar refractivity (Wildman–Crippen MR) is 64.6 cm³/mol. The molecule has 1 atom stereocenters. The van der Waals surface area contributed by atoms with Crippen LogP contribution in [0.1, 0.15) is 19.0 Å². The average molecular weight is 224 g/mol. The number of rotatable bonds is 1. The van der Waals surface area contributed by atoms with Crippen LogP contribution in [0.3, 0.4) is 0 Å². The standard InChI is InChI=1S/C11H20N4O/c1-8-7-15(5-4-6-16-8)11-10(12)9(2)13-14(11)3/h8H,4-7,12H2,1-3H3. The molecule has 0 amide bonds. The van der Waals surface area contributed by atoms with Crippen LogP contribution in [0.25, 0.3) is 0 Å². The molecule has 0 bridgehead atoms. The van der Waals surface area contributed by atoms with Gasteiger partial charge in [0.1, 0.15) is 5.82 Å². The van der Waals surface area contributed by atoms with Crippen LogP contribution in [0.5, 0.6) is 0 Å². The van der Waals surface area contributed by atoms with Crippen molar-refractivity contribution in [3.63, 3.8) is 0 Å². The molecule has 1 fully saturated rings. The van der Waals surface area contributed by atoms with Crippen molar-refractivity contribution in [1.82, 2.24) is 9.78 Å². The molecule has 16 heavy (non-hydrogen) atoms. The van der Waals surface area contributed by atoms with Crippen LogP contribution < -0.4 is 10.6 Å². The van der Waals surface area contributed by atoms with Crippen molar-refractivity contribution in [2.24, 2.45) is 7.05 Å². The summed E-state index contributed by atoms with van der Waals surface area (Å²) in [6, 6.07) is 0. The molecule has 1 aromatic rings. The average Bonchev–Trinajstić information content (AvgIpc) is 2.42. The highest BCUT2D eigenvalue weighted by Gasteiger charge is 2.21. The second-order valence-corrected chi connectivity index (χ2v) is 4.43. The lowest BCUT2D eigenvalue weighted by atomic mass is 10.3. The highest BCUT2D eigenvalue weighted by Crippen LogP contribution is 2.26. The highest BCUT2D eigenvalue weighted by molar-refractivity contribution is 5.66. The number of aromatic nitrogens is 2. The van der Waals surface area contributed by atoms with Gasteiger partial charge >= 0.3 is 0 Å². The first-order valence-electron chi connectivity index (χ1n) is 5.75. The van der Waals surface area contributed by atoms with Gasteiger partial charge in [-0.1, -0.05) is 0 Å². The van der Waals surface area contributed by atoms with Gasteiger partial charge in [0.25, 0.3) is 0 Å². The van der Waals surface area contributed by atoms with Gasteiger partial charge < -0.3 is 15.4 Å². The molecular formula is C11H20N4O. The third-order valence-electron chi connectivity index (χ3n) is 2.99. The third-order valence-corrected chi connectivity index (χ3v) is 2.99. The van der Waals surface area contributed by atoms with Crippen LogP contribution in [0.15, 0.2) is 0 Å². The van der Waals surface area contributed by atoms with Crippen molar-refractivity contribution in [3.8, 4) is 0 Å². The minimum atomic E-state index is 0.247. The first kappa shape index (κ1) is 11.3. The van der Waals surface area contributed by atoms with E-state index in [-0.39, 0.29) is 6.10 Å². The number of nitrogens with two attached hydrogens (primary N) is 1.